The Balaban J connectivity index is 2.61. The maximum atomic E-state index is 11.0. The van der Waals surface area contributed by atoms with Crippen molar-refractivity contribution in [3.63, 3.8) is 0 Å². The van der Waals surface area contributed by atoms with Gasteiger partial charge in [0.15, 0.2) is 0 Å². The first-order chi connectivity index (χ1) is 7.67. The Labute approximate surface area is 95.3 Å². The highest BCUT2D eigenvalue weighted by molar-refractivity contribution is 5.71. The average Bonchev–Trinajstić information content (AvgIpc) is 2.29. The molecule has 4 nitrogen and oxygen atoms in total. The molecule has 0 fully saturated rings. The van der Waals surface area contributed by atoms with Crippen LogP contribution in [0.1, 0.15) is 12.5 Å². The van der Waals surface area contributed by atoms with E-state index in [1.54, 1.807) is 7.11 Å². The third-order valence-electron chi connectivity index (χ3n) is 2.20. The van der Waals surface area contributed by atoms with Crippen LogP contribution in [0.5, 0.6) is 5.75 Å². The van der Waals surface area contributed by atoms with Gasteiger partial charge < -0.3 is 15.2 Å². The molecule has 0 heterocycles. The number of rotatable bonds is 5. The van der Waals surface area contributed by atoms with Gasteiger partial charge in [0.1, 0.15) is 11.9 Å². The third kappa shape index (κ3) is 3.55. The van der Waals surface area contributed by atoms with Crippen LogP contribution in [0, 0.1) is 0 Å². The topological polar surface area (TPSA) is 61.5 Å². The van der Waals surface area contributed by atoms with Gasteiger partial charge in [-0.1, -0.05) is 18.2 Å². The molecule has 0 saturated carbocycles. The van der Waals surface area contributed by atoms with Gasteiger partial charge in [-0.2, -0.15) is 0 Å². The van der Waals surface area contributed by atoms with Crippen LogP contribution in [0.25, 0.3) is 0 Å². The van der Waals surface area contributed by atoms with Crippen molar-refractivity contribution in [1.82, 2.24) is 0 Å². The fourth-order valence-corrected chi connectivity index (χ4v) is 1.50. The summed E-state index contributed by atoms with van der Waals surface area (Å²) in [5, 5.41) is 0. The molecule has 1 unspecified atom stereocenters. The van der Waals surface area contributed by atoms with Crippen LogP contribution in [0.4, 0.5) is 0 Å². The van der Waals surface area contributed by atoms with Gasteiger partial charge >= 0.3 is 5.97 Å². The summed E-state index contributed by atoms with van der Waals surface area (Å²) in [6.07, 6.45) is 0.419. The molecule has 0 aliphatic rings. The molecule has 1 atom stereocenters. The number of carbonyl (C=O) groups is 1. The van der Waals surface area contributed by atoms with Gasteiger partial charge in [-0.05, 0) is 18.6 Å². The van der Waals surface area contributed by atoms with Crippen LogP contribution >= 0.6 is 0 Å². The van der Waals surface area contributed by atoms with Gasteiger partial charge in [-0.15, -0.1) is 0 Å². The molecule has 1 aromatic carbocycles. The van der Waals surface area contributed by atoms with Crippen LogP contribution in [-0.4, -0.2) is 25.7 Å². The first-order valence-electron chi connectivity index (χ1n) is 5.18. The third-order valence-corrected chi connectivity index (χ3v) is 2.20. The zero-order chi connectivity index (χ0) is 12.0. The van der Waals surface area contributed by atoms with E-state index in [-0.39, 0.29) is 18.6 Å². The van der Waals surface area contributed by atoms with Crippen LogP contribution in [0.15, 0.2) is 24.3 Å². The summed E-state index contributed by atoms with van der Waals surface area (Å²) in [5.74, 6) is 0.417. The number of esters is 1. The summed E-state index contributed by atoms with van der Waals surface area (Å²) in [6.45, 7) is 1.75. The molecule has 1 aromatic rings. The summed E-state index contributed by atoms with van der Waals surface area (Å²) in [4.78, 5) is 11.0. The Morgan fingerprint density at radius 2 is 2.12 bits per heavy atom. The SMILES string of the molecule is COc1ccccc1CC(C)OC(=O)CN. The van der Waals surface area contributed by atoms with Gasteiger partial charge in [-0.25, -0.2) is 0 Å². The number of carbonyl (C=O) groups excluding carboxylic acids is 1. The molecule has 4 heteroatoms. The van der Waals surface area contributed by atoms with Crippen molar-refractivity contribution in [3.8, 4) is 5.75 Å². The molecule has 0 radical (unpaired) electrons. The van der Waals surface area contributed by atoms with E-state index in [0.29, 0.717) is 6.42 Å². The van der Waals surface area contributed by atoms with E-state index in [9.17, 15) is 4.79 Å². The van der Waals surface area contributed by atoms with Crippen molar-refractivity contribution in [2.75, 3.05) is 13.7 Å². The number of para-hydroxylation sites is 1. The number of methoxy groups -OCH3 is 1. The molecule has 0 aliphatic heterocycles. The highest BCUT2D eigenvalue weighted by Gasteiger charge is 2.11. The van der Waals surface area contributed by atoms with E-state index in [0.717, 1.165) is 11.3 Å². The summed E-state index contributed by atoms with van der Waals surface area (Å²) in [5.41, 5.74) is 6.19. The predicted molar refractivity (Wildman–Crippen MR) is 61.3 cm³/mol. The summed E-state index contributed by atoms with van der Waals surface area (Å²) in [6, 6.07) is 7.66. The Bertz CT molecular complexity index is 352. The molecular weight excluding hydrogens is 206 g/mol. The second-order valence-corrected chi connectivity index (χ2v) is 3.52. The van der Waals surface area contributed by atoms with E-state index in [2.05, 4.69) is 0 Å². The lowest BCUT2D eigenvalue weighted by atomic mass is 10.1. The smallest absolute Gasteiger partial charge is 0.319 e. The Morgan fingerprint density at radius 1 is 1.44 bits per heavy atom. The van der Waals surface area contributed by atoms with E-state index in [1.807, 2.05) is 31.2 Å². The largest absolute Gasteiger partial charge is 0.496 e. The van der Waals surface area contributed by atoms with Crippen molar-refractivity contribution in [2.24, 2.45) is 5.73 Å². The minimum Gasteiger partial charge on any atom is -0.496 e. The normalized spacial score (nSPS) is 11.9. The van der Waals surface area contributed by atoms with Gasteiger partial charge in [-0.3, -0.25) is 4.79 Å². The summed E-state index contributed by atoms with van der Waals surface area (Å²) in [7, 11) is 1.62. The van der Waals surface area contributed by atoms with E-state index in [1.165, 1.54) is 0 Å². The number of ether oxygens (including phenoxy) is 2. The molecule has 2 N–H and O–H groups in total. The minimum atomic E-state index is -0.387. The minimum absolute atomic E-state index is 0.0870. The molecular formula is C12H17NO3. The van der Waals surface area contributed by atoms with Crippen LogP contribution in [-0.2, 0) is 16.0 Å². The number of hydrogen-bond acceptors (Lipinski definition) is 4. The number of hydrogen-bond donors (Lipinski definition) is 1. The van der Waals surface area contributed by atoms with E-state index >= 15 is 0 Å². The monoisotopic (exact) mass is 223 g/mol. The molecule has 16 heavy (non-hydrogen) atoms. The van der Waals surface area contributed by atoms with E-state index < -0.39 is 0 Å². The summed E-state index contributed by atoms with van der Waals surface area (Å²) < 4.78 is 10.3. The van der Waals surface area contributed by atoms with Crippen molar-refractivity contribution in [1.29, 1.82) is 0 Å². The molecule has 0 saturated heterocycles. The van der Waals surface area contributed by atoms with Crippen molar-refractivity contribution in [2.45, 2.75) is 19.4 Å². The molecule has 0 spiro atoms. The molecule has 0 aromatic heterocycles. The standard InChI is InChI=1S/C12H17NO3/c1-9(16-12(14)8-13)7-10-5-3-4-6-11(10)15-2/h3-6,9H,7-8,13H2,1-2H3. The van der Waals surface area contributed by atoms with Gasteiger partial charge in [0.05, 0.1) is 13.7 Å². The fourth-order valence-electron chi connectivity index (χ4n) is 1.50. The Kier molecular flexibility index (Phi) is 4.79. The maximum absolute atomic E-state index is 11.0. The van der Waals surface area contributed by atoms with Crippen molar-refractivity contribution in [3.05, 3.63) is 29.8 Å². The molecule has 88 valence electrons. The zero-order valence-corrected chi connectivity index (χ0v) is 9.60. The first-order valence-corrected chi connectivity index (χ1v) is 5.18. The number of nitrogens with two attached hydrogens (primary N) is 1. The van der Waals surface area contributed by atoms with Gasteiger partial charge in [0.25, 0.3) is 0 Å². The predicted octanol–water partition coefficient (Wildman–Crippen LogP) is 1.13. The quantitative estimate of drug-likeness (QED) is 0.760. The highest BCUT2D eigenvalue weighted by Crippen LogP contribution is 2.19. The molecule has 0 aliphatic carbocycles. The Hall–Kier alpha value is -1.55. The van der Waals surface area contributed by atoms with Gasteiger partial charge in [0, 0.05) is 6.42 Å². The zero-order valence-electron chi connectivity index (χ0n) is 9.60. The van der Waals surface area contributed by atoms with Crippen LogP contribution in [0.3, 0.4) is 0 Å². The van der Waals surface area contributed by atoms with Crippen LogP contribution in [0.2, 0.25) is 0 Å². The second kappa shape index (κ2) is 6.12. The van der Waals surface area contributed by atoms with E-state index in [4.69, 9.17) is 15.2 Å². The van der Waals surface area contributed by atoms with Crippen molar-refractivity contribution < 1.29 is 14.3 Å². The number of benzene rings is 1. The Morgan fingerprint density at radius 3 is 2.75 bits per heavy atom. The van der Waals surface area contributed by atoms with Crippen molar-refractivity contribution >= 4 is 5.97 Å². The van der Waals surface area contributed by atoms with Crippen LogP contribution < -0.4 is 10.5 Å². The summed E-state index contributed by atoms with van der Waals surface area (Å²) >= 11 is 0. The molecule has 0 bridgehead atoms. The average molecular weight is 223 g/mol. The highest BCUT2D eigenvalue weighted by atomic mass is 16.5. The maximum Gasteiger partial charge on any atom is 0.319 e. The first kappa shape index (κ1) is 12.5. The van der Waals surface area contributed by atoms with Gasteiger partial charge in [0.2, 0.25) is 0 Å². The lowest BCUT2D eigenvalue weighted by Crippen LogP contribution is -2.23. The molecule has 0 amide bonds. The lowest BCUT2D eigenvalue weighted by Gasteiger charge is -2.14. The molecule has 1 rings (SSSR count). The second-order valence-electron chi connectivity index (χ2n) is 3.52. The lowest BCUT2D eigenvalue weighted by molar-refractivity contribution is -0.146. The fraction of sp³-hybridized carbons (Fsp3) is 0.417.